The fourth-order valence-electron chi connectivity index (χ4n) is 2.98. The maximum atomic E-state index is 12.9. The average Bonchev–Trinajstić information content (AvgIpc) is 3.22. The summed E-state index contributed by atoms with van der Waals surface area (Å²) < 4.78 is 0.901. The average molecular weight is 457 g/mol. The molecular formula is C22H21BrN2O2S. The van der Waals surface area contributed by atoms with Gasteiger partial charge in [-0.05, 0) is 66.8 Å². The summed E-state index contributed by atoms with van der Waals surface area (Å²) in [5.74, 6) is -0.414. The van der Waals surface area contributed by atoms with E-state index < -0.39 is 0 Å². The lowest BCUT2D eigenvalue weighted by molar-refractivity contribution is 0.0931. The minimum absolute atomic E-state index is 0.0736. The Kier molecular flexibility index (Phi) is 6.78. The number of ketones is 1. The zero-order chi connectivity index (χ0) is 20.1. The molecule has 0 bridgehead atoms. The second-order valence-electron chi connectivity index (χ2n) is 6.63. The first-order valence-electron chi connectivity index (χ1n) is 8.83. The summed E-state index contributed by atoms with van der Waals surface area (Å²) in [7, 11) is 3.97. The summed E-state index contributed by atoms with van der Waals surface area (Å²) >= 11 is 5.01. The van der Waals surface area contributed by atoms with E-state index in [1.807, 2.05) is 31.6 Å². The maximum absolute atomic E-state index is 12.9. The number of amides is 1. The van der Waals surface area contributed by atoms with Crippen LogP contribution in [0.2, 0.25) is 0 Å². The molecule has 4 nitrogen and oxygen atoms in total. The van der Waals surface area contributed by atoms with Gasteiger partial charge in [0.1, 0.15) is 0 Å². The number of nitrogens with one attached hydrogen (secondary N) is 1. The number of hydrogen-bond donors (Lipinski definition) is 1. The molecule has 28 heavy (non-hydrogen) atoms. The summed E-state index contributed by atoms with van der Waals surface area (Å²) in [6.45, 7) is 0.462. The third-order valence-corrected chi connectivity index (χ3v) is 5.76. The molecular weight excluding hydrogens is 436 g/mol. The fourth-order valence-corrected chi connectivity index (χ4v) is 3.96. The first-order valence-corrected chi connectivity index (χ1v) is 10.6. The highest BCUT2D eigenvalue weighted by atomic mass is 79.9. The van der Waals surface area contributed by atoms with E-state index in [0.717, 1.165) is 10.0 Å². The molecule has 1 amide bonds. The second-order valence-corrected chi connectivity index (χ2v) is 8.32. The summed E-state index contributed by atoms with van der Waals surface area (Å²) in [6, 6.07) is 16.2. The van der Waals surface area contributed by atoms with Gasteiger partial charge in [0, 0.05) is 22.1 Å². The quantitative estimate of drug-likeness (QED) is 0.520. The molecule has 0 saturated carbocycles. The molecule has 0 spiro atoms. The lowest BCUT2D eigenvalue weighted by Gasteiger charge is -2.24. The Balaban J connectivity index is 1.79. The van der Waals surface area contributed by atoms with Crippen LogP contribution in [-0.2, 0) is 0 Å². The van der Waals surface area contributed by atoms with E-state index in [1.54, 1.807) is 47.7 Å². The number of carbonyl (C=O) groups excluding carboxylic acids is 2. The van der Waals surface area contributed by atoms with Crippen molar-refractivity contribution in [3.05, 3.63) is 92.1 Å². The molecule has 0 aliphatic rings. The zero-order valence-electron chi connectivity index (χ0n) is 15.7. The first-order chi connectivity index (χ1) is 13.5. The van der Waals surface area contributed by atoms with Crippen LogP contribution in [0.4, 0.5) is 0 Å². The predicted molar refractivity (Wildman–Crippen MR) is 117 cm³/mol. The molecule has 1 heterocycles. The highest BCUT2D eigenvalue weighted by molar-refractivity contribution is 9.10. The minimum Gasteiger partial charge on any atom is -0.350 e. The van der Waals surface area contributed by atoms with Crippen molar-refractivity contribution in [1.82, 2.24) is 10.2 Å². The fraction of sp³-hybridized carbons (Fsp3) is 0.182. The molecule has 1 unspecified atom stereocenters. The molecule has 2 aromatic carbocycles. The van der Waals surface area contributed by atoms with Gasteiger partial charge in [-0.2, -0.15) is 11.3 Å². The van der Waals surface area contributed by atoms with Crippen LogP contribution in [-0.4, -0.2) is 37.2 Å². The van der Waals surface area contributed by atoms with Gasteiger partial charge in [-0.15, -0.1) is 0 Å². The predicted octanol–water partition coefficient (Wildman–Crippen LogP) is 4.77. The van der Waals surface area contributed by atoms with E-state index in [2.05, 4.69) is 37.6 Å². The number of nitrogens with zero attached hydrogens (tertiary/aromatic N) is 1. The van der Waals surface area contributed by atoms with Gasteiger partial charge in [-0.1, -0.05) is 34.1 Å². The third kappa shape index (κ3) is 4.76. The molecule has 144 valence electrons. The van der Waals surface area contributed by atoms with Gasteiger partial charge >= 0.3 is 0 Å². The summed E-state index contributed by atoms with van der Waals surface area (Å²) in [5, 5.41) is 7.10. The molecule has 0 fully saturated rings. The number of benzene rings is 2. The van der Waals surface area contributed by atoms with Crippen LogP contribution in [0.25, 0.3) is 0 Å². The highest BCUT2D eigenvalue weighted by Gasteiger charge is 2.20. The van der Waals surface area contributed by atoms with Crippen LogP contribution in [0.15, 0.2) is 69.8 Å². The molecule has 6 heteroatoms. The Morgan fingerprint density at radius 2 is 1.71 bits per heavy atom. The molecule has 1 atom stereocenters. The van der Waals surface area contributed by atoms with E-state index in [0.29, 0.717) is 23.2 Å². The summed E-state index contributed by atoms with van der Waals surface area (Å²) in [5.41, 5.74) is 2.50. The van der Waals surface area contributed by atoms with Crippen molar-refractivity contribution in [2.45, 2.75) is 6.04 Å². The second kappa shape index (κ2) is 9.28. The molecule has 0 saturated heterocycles. The number of halogens is 1. The highest BCUT2D eigenvalue weighted by Crippen LogP contribution is 2.21. The van der Waals surface area contributed by atoms with Crippen LogP contribution >= 0.6 is 27.3 Å². The molecule has 1 N–H and O–H groups in total. The Morgan fingerprint density at radius 3 is 2.32 bits per heavy atom. The van der Waals surface area contributed by atoms with E-state index in [9.17, 15) is 9.59 Å². The Bertz CT molecular complexity index is 953. The van der Waals surface area contributed by atoms with E-state index in [-0.39, 0.29) is 17.7 Å². The summed E-state index contributed by atoms with van der Waals surface area (Å²) in [4.78, 5) is 27.8. The number of hydrogen-bond acceptors (Lipinski definition) is 4. The van der Waals surface area contributed by atoms with Crippen molar-refractivity contribution >= 4 is 39.0 Å². The van der Waals surface area contributed by atoms with Crippen molar-refractivity contribution in [1.29, 1.82) is 0 Å². The zero-order valence-corrected chi connectivity index (χ0v) is 18.1. The smallest absolute Gasteiger partial charge is 0.252 e. The van der Waals surface area contributed by atoms with Crippen molar-refractivity contribution in [2.75, 3.05) is 20.6 Å². The van der Waals surface area contributed by atoms with Crippen LogP contribution in [0.5, 0.6) is 0 Å². The SMILES string of the molecule is CN(C)C(CNC(=O)c1ccccc1C(=O)c1ccc(Br)cc1)c1ccsc1. The monoisotopic (exact) mass is 456 g/mol. The number of carbonyl (C=O) groups is 2. The molecule has 3 aromatic rings. The van der Waals surface area contributed by atoms with Crippen LogP contribution in [0.3, 0.4) is 0 Å². The van der Waals surface area contributed by atoms with Crippen molar-refractivity contribution in [3.63, 3.8) is 0 Å². The number of likely N-dealkylation sites (N-methyl/N-ethyl adjacent to an activating group) is 1. The Hall–Kier alpha value is -2.28. The van der Waals surface area contributed by atoms with E-state index >= 15 is 0 Å². The molecule has 3 rings (SSSR count). The van der Waals surface area contributed by atoms with E-state index in [1.165, 1.54) is 0 Å². The minimum atomic E-state index is -0.247. The Morgan fingerprint density at radius 1 is 1.04 bits per heavy atom. The van der Waals surface area contributed by atoms with Gasteiger partial charge < -0.3 is 10.2 Å². The van der Waals surface area contributed by atoms with Gasteiger partial charge in [0.05, 0.1) is 11.6 Å². The van der Waals surface area contributed by atoms with Gasteiger partial charge in [0.25, 0.3) is 5.91 Å². The van der Waals surface area contributed by atoms with Crippen molar-refractivity contribution < 1.29 is 9.59 Å². The van der Waals surface area contributed by atoms with Crippen LogP contribution in [0.1, 0.15) is 37.9 Å². The lowest BCUT2D eigenvalue weighted by Crippen LogP contribution is -2.35. The topological polar surface area (TPSA) is 49.4 Å². The third-order valence-electron chi connectivity index (χ3n) is 4.53. The Labute approximate surface area is 177 Å². The molecule has 0 radical (unpaired) electrons. The largest absolute Gasteiger partial charge is 0.350 e. The van der Waals surface area contributed by atoms with Gasteiger partial charge in [0.2, 0.25) is 0 Å². The maximum Gasteiger partial charge on any atom is 0.252 e. The van der Waals surface area contributed by atoms with Gasteiger partial charge in [0.15, 0.2) is 5.78 Å². The van der Waals surface area contributed by atoms with Gasteiger partial charge in [-0.3, -0.25) is 9.59 Å². The molecule has 0 aliphatic carbocycles. The molecule has 1 aromatic heterocycles. The van der Waals surface area contributed by atoms with E-state index in [4.69, 9.17) is 0 Å². The van der Waals surface area contributed by atoms with Crippen LogP contribution < -0.4 is 5.32 Å². The van der Waals surface area contributed by atoms with Crippen molar-refractivity contribution in [2.24, 2.45) is 0 Å². The summed E-state index contributed by atoms with van der Waals surface area (Å²) in [6.07, 6.45) is 0. The number of thiophene rings is 1. The van der Waals surface area contributed by atoms with Gasteiger partial charge in [-0.25, -0.2) is 0 Å². The normalized spacial score (nSPS) is 12.0. The van der Waals surface area contributed by atoms with Crippen LogP contribution in [0, 0.1) is 0 Å². The standard InChI is InChI=1S/C22H21BrN2O2S/c1-25(2)20(16-11-12-28-14-16)13-24-22(27)19-6-4-3-5-18(19)21(26)15-7-9-17(23)10-8-15/h3-12,14,20H,13H2,1-2H3,(H,24,27). The van der Waals surface area contributed by atoms with Crippen molar-refractivity contribution in [3.8, 4) is 0 Å². The first kappa shape index (κ1) is 20.5. The number of rotatable bonds is 7. The lowest BCUT2D eigenvalue weighted by atomic mass is 9.98. The molecule has 0 aliphatic heterocycles.